The van der Waals surface area contributed by atoms with Gasteiger partial charge in [-0.05, 0) is 12.1 Å². The fraction of sp³-hybridized carbons (Fsp3) is 0.250. The van der Waals surface area contributed by atoms with Gasteiger partial charge in [0.05, 0.1) is 18.4 Å². The molecule has 0 unspecified atom stereocenters. The molecule has 0 aliphatic heterocycles. The van der Waals surface area contributed by atoms with Crippen molar-refractivity contribution in [1.29, 1.82) is 0 Å². The number of esters is 1. The first kappa shape index (κ1) is 12.4. The molecule has 0 heterocycles. The average Bonchev–Trinajstić information content (AvgIpc) is 2.28. The van der Waals surface area contributed by atoms with Crippen molar-refractivity contribution in [3.8, 4) is 11.8 Å². The topological polar surface area (TPSA) is 52.3 Å². The zero-order chi connectivity index (χ0) is 12.1. The molecule has 0 atom stereocenters. The first-order chi connectivity index (χ1) is 7.60. The molecule has 3 nitrogen and oxygen atoms in total. The van der Waals surface area contributed by atoms with E-state index in [9.17, 15) is 4.79 Å². The largest absolute Gasteiger partial charge is 0.465 e. The summed E-state index contributed by atoms with van der Waals surface area (Å²) in [6.45, 7) is 1.93. The van der Waals surface area contributed by atoms with Crippen LogP contribution in [0.2, 0.25) is 5.02 Å². The van der Waals surface area contributed by atoms with Crippen molar-refractivity contribution in [2.24, 2.45) is 0 Å². The lowest BCUT2D eigenvalue weighted by molar-refractivity contribution is 0.0602. The Labute approximate surface area is 99.5 Å². The molecule has 0 aliphatic carbocycles. The van der Waals surface area contributed by atoms with Gasteiger partial charge in [0.15, 0.2) is 0 Å². The Bertz CT molecular complexity index is 472. The first-order valence-electron chi connectivity index (χ1n) is 4.76. The van der Waals surface area contributed by atoms with Crippen LogP contribution in [0.15, 0.2) is 12.1 Å². The predicted molar refractivity (Wildman–Crippen MR) is 64.4 cm³/mol. The third-order valence-corrected chi connectivity index (χ3v) is 2.17. The number of benzene rings is 1. The maximum atomic E-state index is 11.4. The molecule has 0 fully saturated rings. The molecule has 0 bridgehead atoms. The summed E-state index contributed by atoms with van der Waals surface area (Å²) in [6, 6.07) is 3.10. The SMILES string of the molecule is CCC#Cc1cc(Cl)cc(C(=O)OC)c1N. The summed E-state index contributed by atoms with van der Waals surface area (Å²) in [6.07, 6.45) is 0.708. The molecule has 2 N–H and O–H groups in total. The quantitative estimate of drug-likeness (QED) is 0.464. The number of nitrogens with two attached hydrogens (primary N) is 1. The zero-order valence-corrected chi connectivity index (χ0v) is 9.89. The lowest BCUT2D eigenvalue weighted by atomic mass is 10.1. The summed E-state index contributed by atoms with van der Waals surface area (Å²) in [5.74, 6) is 5.22. The van der Waals surface area contributed by atoms with Gasteiger partial charge in [0.2, 0.25) is 0 Å². The van der Waals surface area contributed by atoms with Crippen LogP contribution in [0.3, 0.4) is 0 Å². The fourth-order valence-electron chi connectivity index (χ4n) is 1.18. The standard InChI is InChI=1S/C12H12ClNO2/c1-3-4-5-8-6-9(13)7-10(11(8)14)12(15)16-2/h6-7H,3,14H2,1-2H3. The van der Waals surface area contributed by atoms with E-state index in [0.29, 0.717) is 22.7 Å². The third-order valence-electron chi connectivity index (χ3n) is 1.95. The number of carbonyl (C=O) groups excluding carboxylic acids is 1. The van der Waals surface area contributed by atoms with Crippen molar-refractivity contribution < 1.29 is 9.53 Å². The van der Waals surface area contributed by atoms with Crippen molar-refractivity contribution in [1.82, 2.24) is 0 Å². The number of rotatable bonds is 1. The minimum atomic E-state index is -0.514. The Morgan fingerprint density at radius 3 is 2.81 bits per heavy atom. The summed E-state index contributed by atoms with van der Waals surface area (Å²) < 4.78 is 4.61. The van der Waals surface area contributed by atoms with Crippen LogP contribution in [0.4, 0.5) is 5.69 Å². The van der Waals surface area contributed by atoms with E-state index in [1.807, 2.05) is 6.92 Å². The summed E-state index contributed by atoms with van der Waals surface area (Å²) in [5.41, 5.74) is 6.91. The second-order valence-electron chi connectivity index (χ2n) is 3.06. The summed E-state index contributed by atoms with van der Waals surface area (Å²) >= 11 is 5.87. The lowest BCUT2D eigenvalue weighted by Crippen LogP contribution is -2.07. The Balaban J connectivity index is 3.31. The molecule has 84 valence electrons. The van der Waals surface area contributed by atoms with Crippen LogP contribution in [-0.4, -0.2) is 13.1 Å². The van der Waals surface area contributed by atoms with Crippen molar-refractivity contribution in [2.45, 2.75) is 13.3 Å². The zero-order valence-electron chi connectivity index (χ0n) is 9.13. The van der Waals surface area contributed by atoms with E-state index in [-0.39, 0.29) is 5.56 Å². The minimum absolute atomic E-state index is 0.246. The monoisotopic (exact) mass is 237 g/mol. The first-order valence-corrected chi connectivity index (χ1v) is 5.14. The van der Waals surface area contributed by atoms with Gasteiger partial charge in [0.25, 0.3) is 0 Å². The molecule has 0 radical (unpaired) electrons. The van der Waals surface area contributed by atoms with Crippen LogP contribution in [0, 0.1) is 11.8 Å². The van der Waals surface area contributed by atoms with Crippen LogP contribution in [-0.2, 0) is 4.74 Å². The van der Waals surface area contributed by atoms with Crippen molar-refractivity contribution >= 4 is 23.3 Å². The van der Waals surface area contributed by atoms with E-state index < -0.39 is 5.97 Å². The normalized spacial score (nSPS) is 9.19. The van der Waals surface area contributed by atoms with Gasteiger partial charge in [0, 0.05) is 17.0 Å². The van der Waals surface area contributed by atoms with Gasteiger partial charge in [-0.2, -0.15) is 0 Å². The van der Waals surface area contributed by atoms with Crippen molar-refractivity contribution in [3.05, 3.63) is 28.3 Å². The molecular formula is C12H12ClNO2. The molecule has 0 saturated carbocycles. The lowest BCUT2D eigenvalue weighted by Gasteiger charge is -2.06. The van der Waals surface area contributed by atoms with Crippen LogP contribution < -0.4 is 5.73 Å². The maximum absolute atomic E-state index is 11.4. The number of ether oxygens (including phenoxy) is 1. The molecule has 0 saturated heterocycles. The van der Waals surface area contributed by atoms with Gasteiger partial charge in [-0.3, -0.25) is 0 Å². The molecule has 1 aromatic carbocycles. The van der Waals surface area contributed by atoms with Crippen molar-refractivity contribution in [2.75, 3.05) is 12.8 Å². The van der Waals surface area contributed by atoms with E-state index in [1.54, 1.807) is 6.07 Å². The van der Waals surface area contributed by atoms with Gasteiger partial charge in [0.1, 0.15) is 0 Å². The second-order valence-corrected chi connectivity index (χ2v) is 3.50. The molecular weight excluding hydrogens is 226 g/mol. The average molecular weight is 238 g/mol. The second kappa shape index (κ2) is 5.43. The Morgan fingerprint density at radius 2 is 2.25 bits per heavy atom. The van der Waals surface area contributed by atoms with E-state index in [1.165, 1.54) is 13.2 Å². The fourth-order valence-corrected chi connectivity index (χ4v) is 1.40. The molecule has 0 aliphatic rings. The van der Waals surface area contributed by atoms with Crippen LogP contribution in [0.25, 0.3) is 0 Å². The van der Waals surface area contributed by atoms with Crippen LogP contribution in [0.5, 0.6) is 0 Å². The highest BCUT2D eigenvalue weighted by Gasteiger charge is 2.13. The Hall–Kier alpha value is -1.66. The maximum Gasteiger partial charge on any atom is 0.340 e. The highest BCUT2D eigenvalue weighted by molar-refractivity contribution is 6.31. The number of carbonyl (C=O) groups is 1. The van der Waals surface area contributed by atoms with Gasteiger partial charge in [-0.25, -0.2) is 4.79 Å². The highest BCUT2D eigenvalue weighted by Crippen LogP contribution is 2.23. The molecule has 0 spiro atoms. The van der Waals surface area contributed by atoms with Gasteiger partial charge in [-0.1, -0.05) is 30.4 Å². The predicted octanol–water partition coefficient (Wildman–Crippen LogP) is 2.47. The number of nitrogen functional groups attached to an aromatic ring is 1. The van der Waals surface area contributed by atoms with E-state index in [4.69, 9.17) is 17.3 Å². The highest BCUT2D eigenvalue weighted by atomic mass is 35.5. The number of hydrogen-bond donors (Lipinski definition) is 1. The number of hydrogen-bond acceptors (Lipinski definition) is 3. The van der Waals surface area contributed by atoms with Gasteiger partial charge in [-0.15, -0.1) is 0 Å². The van der Waals surface area contributed by atoms with E-state index in [2.05, 4.69) is 16.6 Å². The number of methoxy groups -OCH3 is 1. The summed E-state index contributed by atoms with van der Waals surface area (Å²) in [4.78, 5) is 11.4. The molecule has 1 rings (SSSR count). The summed E-state index contributed by atoms with van der Waals surface area (Å²) in [5, 5.41) is 0.412. The smallest absolute Gasteiger partial charge is 0.340 e. The molecule has 4 heteroatoms. The van der Waals surface area contributed by atoms with Gasteiger partial charge < -0.3 is 10.5 Å². The molecule has 1 aromatic rings. The number of halogens is 1. The van der Waals surface area contributed by atoms with E-state index in [0.717, 1.165) is 0 Å². The van der Waals surface area contributed by atoms with E-state index >= 15 is 0 Å². The number of anilines is 1. The Morgan fingerprint density at radius 1 is 1.56 bits per heavy atom. The molecule has 0 aromatic heterocycles. The van der Waals surface area contributed by atoms with Crippen molar-refractivity contribution in [3.63, 3.8) is 0 Å². The summed E-state index contributed by atoms with van der Waals surface area (Å²) in [7, 11) is 1.29. The third kappa shape index (κ3) is 2.68. The Kier molecular flexibility index (Phi) is 4.21. The van der Waals surface area contributed by atoms with Gasteiger partial charge >= 0.3 is 5.97 Å². The van der Waals surface area contributed by atoms with Crippen LogP contribution in [0.1, 0.15) is 29.3 Å². The minimum Gasteiger partial charge on any atom is -0.465 e. The molecule has 16 heavy (non-hydrogen) atoms. The molecule has 0 amide bonds. The van der Waals surface area contributed by atoms with Crippen LogP contribution >= 0.6 is 11.6 Å².